The first-order valence-electron chi connectivity index (χ1n) is 46.5. The van der Waals surface area contributed by atoms with E-state index in [1.54, 1.807) is 43.7 Å². The van der Waals surface area contributed by atoms with Crippen molar-refractivity contribution in [3.8, 4) is 5.75 Å². The molecule has 6 aliphatic rings. The normalized spacial score (nSPS) is 16.2. The van der Waals surface area contributed by atoms with Crippen LogP contribution < -0.4 is 4.74 Å². The van der Waals surface area contributed by atoms with Gasteiger partial charge in [-0.05, 0) is 233 Å². The summed E-state index contributed by atoms with van der Waals surface area (Å²) in [5.74, 6) is 6.99. The summed E-state index contributed by atoms with van der Waals surface area (Å²) >= 11 is 7.53. The number of benzene rings is 5. The van der Waals surface area contributed by atoms with E-state index in [0.717, 1.165) is 142 Å². The first kappa shape index (κ1) is 111. The van der Waals surface area contributed by atoms with E-state index < -0.39 is 0 Å². The molecule has 13 heteroatoms. The molecule has 8 aromatic rings. The minimum absolute atomic E-state index is 0.00183. The topological polar surface area (TPSA) is 130 Å². The molecule has 5 aromatic carbocycles. The molecule has 3 saturated carbocycles. The van der Waals surface area contributed by atoms with Crippen molar-refractivity contribution in [3.05, 3.63) is 246 Å². The van der Waals surface area contributed by atoms with Gasteiger partial charge in [0.05, 0.1) is 43.7 Å². The van der Waals surface area contributed by atoms with Crippen molar-refractivity contribution in [2.24, 2.45) is 17.3 Å². The number of furan rings is 2. The second-order valence-corrected chi connectivity index (χ2v) is 34.2. The van der Waals surface area contributed by atoms with Gasteiger partial charge in [0.25, 0.3) is 5.69 Å². The maximum Gasteiger partial charge on any atom is 0.269 e. The van der Waals surface area contributed by atoms with Crippen LogP contribution in [-0.4, -0.2) is 87.4 Å². The number of nitro groups is 1. The molecule has 0 bridgehead atoms. The highest BCUT2D eigenvalue weighted by molar-refractivity contribution is 7.09. The molecular formula is C106H169ClN2O9S. The summed E-state index contributed by atoms with van der Waals surface area (Å²) < 4.78 is 30.5. The van der Waals surface area contributed by atoms with Gasteiger partial charge in [-0.15, -0.1) is 11.3 Å². The molecule has 0 radical (unpaired) electrons. The minimum Gasteiger partial charge on any atom is -0.497 e. The van der Waals surface area contributed by atoms with Crippen LogP contribution in [0.25, 0.3) is 0 Å². The third kappa shape index (κ3) is 59.1. The van der Waals surface area contributed by atoms with Gasteiger partial charge in [-0.2, -0.15) is 0 Å². The van der Waals surface area contributed by atoms with Gasteiger partial charge in [0, 0.05) is 68.3 Å². The number of aryl methyl sites for hydroxylation is 9. The van der Waals surface area contributed by atoms with Gasteiger partial charge in [-0.1, -0.05) is 309 Å². The summed E-state index contributed by atoms with van der Waals surface area (Å²) in [4.78, 5) is 13.8. The van der Waals surface area contributed by atoms with Crippen LogP contribution in [0.2, 0.25) is 5.02 Å². The fourth-order valence-corrected chi connectivity index (χ4v) is 14.7. The molecule has 2 saturated heterocycles. The van der Waals surface area contributed by atoms with Crippen LogP contribution >= 0.6 is 22.9 Å². The average Bonchev–Trinajstić information content (AvgIpc) is 1.72. The zero-order valence-electron chi connectivity index (χ0n) is 78.3. The van der Waals surface area contributed by atoms with Gasteiger partial charge >= 0.3 is 0 Å². The number of nitrogens with zero attached hydrogens (tertiary/aromatic N) is 2. The smallest absolute Gasteiger partial charge is 0.269 e. The Morgan fingerprint density at radius 2 is 1.13 bits per heavy atom. The number of rotatable bonds is 19. The van der Waals surface area contributed by atoms with Crippen molar-refractivity contribution >= 4 is 28.6 Å². The van der Waals surface area contributed by atoms with Crippen LogP contribution in [0.4, 0.5) is 5.69 Å². The van der Waals surface area contributed by atoms with E-state index in [4.69, 9.17) is 44.5 Å². The number of non-ortho nitro benzene ring substituents is 1. The van der Waals surface area contributed by atoms with Gasteiger partial charge in [0.2, 0.25) is 0 Å². The standard InChI is InChI=1S/C10H14O.C10H12.C9H11Cl.C9H12.C8H9NO2.C8H17NO.C8H16O.C8H16.C7H10O.C7H14.C6H12O.C6H8O.C6H8S.C4H10O/c1-3-4-9-5-7-10(11-2)8-6-9;1-8-6-7-9-4-2-3-5-10(8)9;1-2-3-8-4-6-9(10)7-5-8;1-2-6-9-7-4-3-5-8-9;1-2-7-3-5-8(6-4-7)9(10)11;1-2-3-4-9-5-7-10-8-6-9;1-8(2)5-3-7(9)4-6-8;1-2-8-6-4-3-5-7-8;1-3-7-5-4-6(2)8-7;1-7-5-3-2-4-6-7;3*1-2-6-4-3-5-7-6;1-3-4-5-2/h5-8H,3-4H2,1-2H3;2-5,8H,6-7H2,1H3;4-7H,2-3H2,1H3;3-5,7-8H,2,6H2,1H3;3-6H,2H2,1H3;2-8H2,1H3;7,9H,3-6H2,1-2H3;8H,2-7H2,1H3;4-5H,3H2,1-2H3;7H,2-6H2,1H3;6H,2-5H2,1H3;2*3-5H,2H2,1H3;3-4H2,1-2H3. The Labute approximate surface area is 736 Å². The van der Waals surface area contributed by atoms with E-state index in [1.807, 2.05) is 73.7 Å². The first-order valence-corrected chi connectivity index (χ1v) is 47.8. The molecule has 14 rings (SSSR count). The van der Waals surface area contributed by atoms with Crippen molar-refractivity contribution in [2.45, 2.75) is 341 Å². The summed E-state index contributed by atoms with van der Waals surface area (Å²) in [6.45, 7) is 42.2. The van der Waals surface area contributed by atoms with E-state index in [-0.39, 0.29) is 16.7 Å². The van der Waals surface area contributed by atoms with E-state index in [0.29, 0.717) is 11.5 Å². The summed E-state index contributed by atoms with van der Waals surface area (Å²) in [6, 6.07) is 54.3. The number of nitro benzene ring substituents is 1. The predicted molar refractivity (Wildman–Crippen MR) is 514 cm³/mol. The number of morpholine rings is 1. The number of aliphatic hydroxyl groups is 1. The van der Waals surface area contributed by atoms with Crippen LogP contribution in [0.5, 0.6) is 5.75 Å². The molecule has 2 unspecified atom stereocenters. The largest absolute Gasteiger partial charge is 0.497 e. The Kier molecular flexibility index (Phi) is 69.1. The lowest BCUT2D eigenvalue weighted by Crippen LogP contribution is -2.36. The third-order valence-corrected chi connectivity index (χ3v) is 23.1. The lowest BCUT2D eigenvalue weighted by atomic mass is 9.76. The molecule has 0 amide bonds. The van der Waals surface area contributed by atoms with Crippen LogP contribution in [0.15, 0.2) is 184 Å². The Morgan fingerprint density at radius 1 is 0.555 bits per heavy atom. The molecule has 2 atom stereocenters. The van der Waals surface area contributed by atoms with Gasteiger partial charge < -0.3 is 32.9 Å². The number of aliphatic hydroxyl groups excluding tert-OH is 1. The maximum absolute atomic E-state index is 10.2. The monoisotopic (exact) mass is 1680 g/mol. The Bertz CT molecular complexity index is 3420. The van der Waals surface area contributed by atoms with E-state index in [2.05, 4.69) is 198 Å². The van der Waals surface area contributed by atoms with Crippen LogP contribution in [0, 0.1) is 34.3 Å². The lowest BCUT2D eigenvalue weighted by molar-refractivity contribution is -0.384. The van der Waals surface area contributed by atoms with Crippen molar-refractivity contribution in [3.63, 3.8) is 0 Å². The Hall–Kier alpha value is -6.35. The minimum atomic E-state index is -0.389. The molecule has 4 aliphatic carbocycles. The number of methoxy groups -OCH3 is 2. The molecule has 670 valence electrons. The fraction of sp³-hybridized carbons (Fsp3) is 0.604. The second kappa shape index (κ2) is 74.3. The summed E-state index contributed by atoms with van der Waals surface area (Å²) in [7, 11) is 3.40. The highest BCUT2D eigenvalue weighted by atomic mass is 35.5. The van der Waals surface area contributed by atoms with Crippen LogP contribution in [-0.2, 0) is 65.6 Å². The second-order valence-electron chi connectivity index (χ2n) is 32.8. The van der Waals surface area contributed by atoms with Gasteiger partial charge in [0.1, 0.15) is 23.0 Å². The third-order valence-electron chi connectivity index (χ3n) is 21.8. The zero-order chi connectivity index (χ0) is 87.8. The number of fused-ring (bicyclic) bond motifs is 1. The van der Waals surface area contributed by atoms with E-state index >= 15 is 0 Å². The number of thiophene rings is 1. The van der Waals surface area contributed by atoms with E-state index in [1.165, 1.54) is 201 Å². The lowest BCUT2D eigenvalue weighted by Gasteiger charge is -2.31. The molecular weight excluding hydrogens is 1510 g/mol. The fourth-order valence-electron chi connectivity index (χ4n) is 13.9. The molecule has 11 nitrogen and oxygen atoms in total. The summed E-state index contributed by atoms with van der Waals surface area (Å²) in [5, 5.41) is 22.3. The SMILES string of the molecule is CC1(C)CCC(O)CC1.CC1CCCCC1.CC1CCc2ccccc21.CCC1CCCCC1.CCC1CCCO1.CCCCN1CCOCC1.CCCOC.CCCc1ccc(Cl)cc1.CCCc1ccc(OC)cc1.CCCc1ccccc1.CCc1ccc(C)o1.CCc1ccc([N+](=O)[O-])cc1.CCc1ccco1.CCc1cccs1. The quantitative estimate of drug-likeness (QED) is 0.0617. The Morgan fingerprint density at radius 3 is 1.50 bits per heavy atom. The number of hydrogen-bond acceptors (Lipinski definition) is 11. The summed E-state index contributed by atoms with van der Waals surface area (Å²) in [5.41, 5.74) is 9.11. The van der Waals surface area contributed by atoms with Crippen molar-refractivity contribution in [1.29, 1.82) is 0 Å². The van der Waals surface area contributed by atoms with Crippen molar-refractivity contribution in [2.75, 3.05) is 60.3 Å². The van der Waals surface area contributed by atoms with Crippen molar-refractivity contribution in [1.82, 2.24) is 4.90 Å². The Balaban J connectivity index is 0.000000643. The highest BCUT2D eigenvalue weighted by Gasteiger charge is 2.25. The zero-order valence-corrected chi connectivity index (χ0v) is 79.9. The van der Waals surface area contributed by atoms with Crippen LogP contribution in [0.1, 0.15) is 326 Å². The summed E-state index contributed by atoms with van der Waals surface area (Å²) in [6.07, 6.45) is 44.4. The predicted octanol–water partition coefficient (Wildman–Crippen LogP) is 31.0. The number of hydrogen-bond donors (Lipinski definition) is 1. The van der Waals surface area contributed by atoms with Gasteiger partial charge in [0.15, 0.2) is 0 Å². The number of ether oxygens (including phenoxy) is 4. The number of halogens is 1. The van der Waals surface area contributed by atoms with Gasteiger partial charge in [-0.3, -0.25) is 15.0 Å². The van der Waals surface area contributed by atoms with Crippen molar-refractivity contribution < 1.29 is 37.8 Å². The number of unbranched alkanes of at least 4 members (excludes halogenated alkanes) is 1. The van der Waals surface area contributed by atoms with Crippen LogP contribution in [0.3, 0.4) is 0 Å². The highest BCUT2D eigenvalue weighted by Crippen LogP contribution is 2.35. The molecule has 119 heavy (non-hydrogen) atoms. The molecule has 5 heterocycles. The first-order chi connectivity index (χ1) is 57.6. The molecule has 3 aromatic heterocycles. The molecule has 5 fully saturated rings. The molecule has 2 aliphatic heterocycles. The molecule has 0 spiro atoms. The van der Waals surface area contributed by atoms with E-state index in [9.17, 15) is 10.1 Å². The average molecular weight is 1680 g/mol. The maximum atomic E-state index is 10.2. The van der Waals surface area contributed by atoms with Gasteiger partial charge in [-0.25, -0.2) is 0 Å². The molecule has 1 N–H and O–H groups in total.